The molecular weight excluding hydrogens is 365 g/mol. The summed E-state index contributed by atoms with van der Waals surface area (Å²) in [7, 11) is 1.81. The highest BCUT2D eigenvalue weighted by molar-refractivity contribution is 7.99. The zero-order valence-electron chi connectivity index (χ0n) is 14.7. The van der Waals surface area contributed by atoms with Crippen molar-refractivity contribution in [1.29, 1.82) is 0 Å². The molecule has 0 spiro atoms. The van der Waals surface area contributed by atoms with Crippen LogP contribution in [-0.4, -0.2) is 25.0 Å². The third-order valence-corrected chi connectivity index (χ3v) is 5.16. The Kier molecular flexibility index (Phi) is 4.72. The molecule has 0 radical (unpaired) electrons. The summed E-state index contributed by atoms with van der Waals surface area (Å²) in [5.74, 6) is 1.11. The van der Waals surface area contributed by atoms with Crippen molar-refractivity contribution in [2.75, 3.05) is 0 Å². The first-order valence-electron chi connectivity index (χ1n) is 8.33. The minimum absolute atomic E-state index is 0.133. The first-order valence-corrected chi connectivity index (χ1v) is 9.21. The van der Waals surface area contributed by atoms with Crippen LogP contribution in [-0.2, 0) is 7.05 Å². The molecule has 0 saturated heterocycles. The van der Waals surface area contributed by atoms with Gasteiger partial charge in [-0.05, 0) is 31.2 Å². The van der Waals surface area contributed by atoms with Crippen LogP contribution >= 0.6 is 11.8 Å². The molecular formula is C19H16FN5OS. The summed E-state index contributed by atoms with van der Waals surface area (Å²) < 4.78 is 21.6. The van der Waals surface area contributed by atoms with Crippen LogP contribution in [0.4, 0.5) is 4.39 Å². The fourth-order valence-corrected chi connectivity index (χ4v) is 3.44. The molecule has 1 atom stereocenters. The van der Waals surface area contributed by atoms with Crippen LogP contribution in [0.15, 0.2) is 64.2 Å². The zero-order chi connectivity index (χ0) is 18.8. The van der Waals surface area contributed by atoms with Gasteiger partial charge in [0.2, 0.25) is 11.8 Å². The van der Waals surface area contributed by atoms with Gasteiger partial charge in [0.25, 0.3) is 0 Å². The lowest BCUT2D eigenvalue weighted by molar-refractivity contribution is 0.508. The monoisotopic (exact) mass is 381 g/mol. The first-order chi connectivity index (χ1) is 13.1. The Balaban J connectivity index is 1.55. The molecule has 8 heteroatoms. The lowest BCUT2D eigenvalue weighted by atomic mass is 10.2. The summed E-state index contributed by atoms with van der Waals surface area (Å²) in [6, 6.07) is 16.1. The van der Waals surface area contributed by atoms with Crippen LogP contribution < -0.4 is 0 Å². The van der Waals surface area contributed by atoms with Crippen LogP contribution in [0.5, 0.6) is 0 Å². The maximum atomic E-state index is 14.0. The van der Waals surface area contributed by atoms with Crippen LogP contribution in [0.1, 0.15) is 18.1 Å². The fourth-order valence-electron chi connectivity index (χ4n) is 2.60. The van der Waals surface area contributed by atoms with E-state index in [1.165, 1.54) is 17.8 Å². The van der Waals surface area contributed by atoms with Crippen molar-refractivity contribution < 1.29 is 8.81 Å². The number of rotatable bonds is 5. The van der Waals surface area contributed by atoms with E-state index in [-0.39, 0.29) is 11.1 Å². The predicted octanol–water partition coefficient (Wildman–Crippen LogP) is 4.52. The Morgan fingerprint density at radius 3 is 2.48 bits per heavy atom. The van der Waals surface area contributed by atoms with Gasteiger partial charge in [-0.2, -0.15) is 0 Å². The summed E-state index contributed by atoms with van der Waals surface area (Å²) in [6.07, 6.45) is 0. The van der Waals surface area contributed by atoms with Gasteiger partial charge in [0.05, 0.1) is 10.8 Å². The molecule has 0 fully saturated rings. The van der Waals surface area contributed by atoms with Crippen LogP contribution in [0.2, 0.25) is 0 Å². The molecule has 136 valence electrons. The highest BCUT2D eigenvalue weighted by atomic mass is 32.2. The Morgan fingerprint density at radius 2 is 1.70 bits per heavy atom. The lowest BCUT2D eigenvalue weighted by Crippen LogP contribution is -1.98. The van der Waals surface area contributed by atoms with E-state index in [1.54, 1.807) is 29.8 Å². The van der Waals surface area contributed by atoms with Gasteiger partial charge in [0, 0.05) is 12.6 Å². The molecule has 2 aromatic heterocycles. The van der Waals surface area contributed by atoms with Crippen molar-refractivity contribution in [3.8, 4) is 22.8 Å². The second kappa shape index (κ2) is 7.32. The topological polar surface area (TPSA) is 69.6 Å². The molecule has 2 heterocycles. The van der Waals surface area contributed by atoms with Crippen molar-refractivity contribution in [2.45, 2.75) is 17.3 Å². The van der Waals surface area contributed by atoms with Gasteiger partial charge in [0.1, 0.15) is 5.82 Å². The Bertz CT molecular complexity index is 1060. The van der Waals surface area contributed by atoms with Gasteiger partial charge in [-0.15, -0.1) is 20.4 Å². The second-order valence-electron chi connectivity index (χ2n) is 5.92. The largest absolute Gasteiger partial charge is 0.419 e. The Morgan fingerprint density at radius 1 is 0.963 bits per heavy atom. The molecule has 0 amide bonds. The van der Waals surface area contributed by atoms with Gasteiger partial charge in [0.15, 0.2) is 11.0 Å². The molecule has 4 rings (SSSR count). The maximum Gasteiger partial charge on any atom is 0.247 e. The second-order valence-corrected chi connectivity index (χ2v) is 7.22. The van der Waals surface area contributed by atoms with E-state index in [0.29, 0.717) is 28.3 Å². The van der Waals surface area contributed by atoms with E-state index in [1.807, 2.05) is 37.3 Å². The van der Waals surface area contributed by atoms with Crippen LogP contribution in [0, 0.1) is 5.82 Å². The molecule has 4 aromatic rings. The van der Waals surface area contributed by atoms with Gasteiger partial charge < -0.3 is 8.98 Å². The first kappa shape index (κ1) is 17.4. The minimum atomic E-state index is -0.331. The molecule has 0 N–H and O–H groups in total. The standard InChI is InChI=1S/C19H16FN5OS/c1-12(17-22-23-18(26-17)13-8-4-3-5-9-13)27-19-24-21-16(25(19)2)14-10-6-7-11-15(14)20/h3-12H,1-2H3/t12-/m0/s1. The molecule has 6 nitrogen and oxygen atoms in total. The number of aromatic nitrogens is 5. The normalized spacial score (nSPS) is 12.3. The van der Waals surface area contributed by atoms with E-state index in [9.17, 15) is 4.39 Å². The third kappa shape index (κ3) is 3.48. The summed E-state index contributed by atoms with van der Waals surface area (Å²) >= 11 is 1.42. The average molecular weight is 381 g/mol. The zero-order valence-corrected chi connectivity index (χ0v) is 15.5. The molecule has 0 bridgehead atoms. The van der Waals surface area contributed by atoms with Crippen LogP contribution in [0.25, 0.3) is 22.8 Å². The summed E-state index contributed by atoms with van der Waals surface area (Å²) in [4.78, 5) is 0. The molecule has 0 aliphatic rings. The van der Waals surface area contributed by atoms with Crippen molar-refractivity contribution in [3.63, 3.8) is 0 Å². The van der Waals surface area contributed by atoms with E-state index in [2.05, 4.69) is 20.4 Å². The van der Waals surface area contributed by atoms with Crippen molar-refractivity contribution in [3.05, 3.63) is 66.3 Å². The van der Waals surface area contributed by atoms with Gasteiger partial charge >= 0.3 is 0 Å². The number of halogens is 1. The average Bonchev–Trinajstić information content (AvgIpc) is 3.31. The number of nitrogens with zero attached hydrogens (tertiary/aromatic N) is 5. The fraction of sp³-hybridized carbons (Fsp3) is 0.158. The maximum absolute atomic E-state index is 14.0. The van der Waals surface area contributed by atoms with Crippen molar-refractivity contribution >= 4 is 11.8 Å². The quantitative estimate of drug-likeness (QED) is 0.473. The number of hydrogen-bond donors (Lipinski definition) is 0. The van der Waals surface area contributed by atoms with Gasteiger partial charge in [-0.1, -0.05) is 42.1 Å². The smallest absolute Gasteiger partial charge is 0.247 e. The molecule has 0 aliphatic carbocycles. The van der Waals surface area contributed by atoms with Gasteiger partial charge in [-0.3, -0.25) is 0 Å². The van der Waals surface area contributed by atoms with E-state index in [4.69, 9.17) is 4.42 Å². The summed E-state index contributed by atoms with van der Waals surface area (Å²) in [5, 5.41) is 17.1. The highest BCUT2D eigenvalue weighted by Gasteiger charge is 2.21. The minimum Gasteiger partial charge on any atom is -0.419 e. The molecule has 0 saturated carbocycles. The predicted molar refractivity (Wildman–Crippen MR) is 100 cm³/mol. The van der Waals surface area contributed by atoms with Crippen LogP contribution in [0.3, 0.4) is 0 Å². The molecule has 0 aliphatic heterocycles. The summed E-state index contributed by atoms with van der Waals surface area (Å²) in [6.45, 7) is 1.95. The van der Waals surface area contributed by atoms with E-state index >= 15 is 0 Å². The van der Waals surface area contributed by atoms with Crippen molar-refractivity contribution in [1.82, 2.24) is 25.0 Å². The van der Waals surface area contributed by atoms with Gasteiger partial charge in [-0.25, -0.2) is 4.39 Å². The molecule has 27 heavy (non-hydrogen) atoms. The SMILES string of the molecule is C[C@H](Sc1nnc(-c2ccccc2F)n1C)c1nnc(-c2ccccc2)o1. The molecule has 0 unspecified atom stereocenters. The third-order valence-electron chi connectivity index (χ3n) is 4.04. The van der Waals surface area contributed by atoms with E-state index in [0.717, 1.165) is 5.56 Å². The Hall–Kier alpha value is -3.00. The number of thioether (sulfide) groups is 1. The molecule has 2 aromatic carbocycles. The highest BCUT2D eigenvalue weighted by Crippen LogP contribution is 2.35. The number of benzene rings is 2. The Labute approximate surface area is 159 Å². The van der Waals surface area contributed by atoms with E-state index < -0.39 is 0 Å². The van der Waals surface area contributed by atoms with Crippen molar-refractivity contribution in [2.24, 2.45) is 7.05 Å². The lowest BCUT2D eigenvalue weighted by Gasteiger charge is -2.07. The summed E-state index contributed by atoms with van der Waals surface area (Å²) in [5.41, 5.74) is 1.28. The number of hydrogen-bond acceptors (Lipinski definition) is 6.